The molecule has 0 N–H and O–H groups in total. The van der Waals surface area contributed by atoms with E-state index in [0.29, 0.717) is 11.4 Å². The van der Waals surface area contributed by atoms with Crippen LogP contribution in [0.15, 0.2) is 0 Å². The Hall–Kier alpha value is -0.200. The summed E-state index contributed by atoms with van der Waals surface area (Å²) in [4.78, 5) is 6.91. The average Bonchev–Trinajstić information content (AvgIpc) is 2.67. The molecular weight excluding hydrogens is 290 g/mol. The molecule has 16 heavy (non-hydrogen) atoms. The molecular formula is C10H18BrN3OS. The summed E-state index contributed by atoms with van der Waals surface area (Å²) in [6, 6.07) is 0. The average molecular weight is 308 g/mol. The number of ether oxygens (including phenoxy) is 1. The zero-order chi connectivity index (χ0) is 12.0. The summed E-state index contributed by atoms with van der Waals surface area (Å²) >= 11 is 5.02. The molecule has 4 nitrogen and oxygen atoms in total. The lowest BCUT2D eigenvalue weighted by atomic mass is 10.3. The van der Waals surface area contributed by atoms with Crippen molar-refractivity contribution in [2.75, 3.05) is 32.2 Å². The Morgan fingerprint density at radius 1 is 1.56 bits per heavy atom. The van der Waals surface area contributed by atoms with Crippen molar-refractivity contribution < 1.29 is 4.74 Å². The van der Waals surface area contributed by atoms with Gasteiger partial charge in [-0.2, -0.15) is 4.37 Å². The van der Waals surface area contributed by atoms with Gasteiger partial charge in [0.25, 0.3) is 0 Å². The Kier molecular flexibility index (Phi) is 6.23. The fourth-order valence-corrected chi connectivity index (χ4v) is 2.71. The second-order valence-corrected chi connectivity index (χ2v) is 5.70. The topological polar surface area (TPSA) is 38.2 Å². The summed E-state index contributed by atoms with van der Waals surface area (Å²) in [5.41, 5.74) is 0. The molecule has 0 aliphatic heterocycles. The van der Waals surface area contributed by atoms with Gasteiger partial charge in [0.05, 0.1) is 11.4 Å². The van der Waals surface area contributed by atoms with Gasteiger partial charge in [-0.1, -0.05) is 22.9 Å². The van der Waals surface area contributed by atoms with E-state index >= 15 is 0 Å². The molecule has 0 spiro atoms. The van der Waals surface area contributed by atoms with Crippen LogP contribution in [0, 0.1) is 0 Å². The van der Waals surface area contributed by atoms with Crippen molar-refractivity contribution in [3.63, 3.8) is 0 Å². The third-order valence-corrected chi connectivity index (χ3v) is 3.50. The van der Waals surface area contributed by atoms with Gasteiger partial charge in [0.15, 0.2) is 0 Å². The van der Waals surface area contributed by atoms with Crippen molar-refractivity contribution in [3.8, 4) is 0 Å². The predicted molar refractivity (Wildman–Crippen MR) is 71.8 cm³/mol. The van der Waals surface area contributed by atoms with E-state index in [1.54, 1.807) is 7.11 Å². The Morgan fingerprint density at radius 3 is 2.94 bits per heavy atom. The fraction of sp³-hybridized carbons (Fsp3) is 0.800. The largest absolute Gasteiger partial charge is 0.383 e. The van der Waals surface area contributed by atoms with Crippen LogP contribution in [0.25, 0.3) is 0 Å². The van der Waals surface area contributed by atoms with Crippen LogP contribution in [-0.2, 0) is 11.2 Å². The van der Waals surface area contributed by atoms with Gasteiger partial charge in [-0.15, -0.1) is 0 Å². The number of nitrogens with zero attached hydrogens (tertiary/aromatic N) is 3. The number of hydrogen-bond acceptors (Lipinski definition) is 5. The van der Waals surface area contributed by atoms with Gasteiger partial charge >= 0.3 is 0 Å². The number of halogens is 1. The second-order valence-electron chi connectivity index (χ2n) is 3.68. The maximum absolute atomic E-state index is 5.08. The summed E-state index contributed by atoms with van der Waals surface area (Å²) in [6.45, 7) is 3.71. The molecule has 92 valence electrons. The van der Waals surface area contributed by atoms with Crippen LogP contribution >= 0.6 is 27.5 Å². The standard InChI is InChI=1S/C10H18BrN3OS/c1-4-5-9-12-10(16-13-9)14(2)6-8(11)7-15-3/h8H,4-7H2,1-3H3. The van der Waals surface area contributed by atoms with Crippen molar-refractivity contribution >= 4 is 32.6 Å². The number of aromatic nitrogens is 2. The molecule has 6 heteroatoms. The zero-order valence-electron chi connectivity index (χ0n) is 9.94. The highest BCUT2D eigenvalue weighted by Gasteiger charge is 2.12. The molecule has 0 amide bonds. The molecule has 0 aliphatic rings. The molecule has 0 saturated heterocycles. The SMILES string of the molecule is CCCc1nsc(N(C)CC(Br)COC)n1. The minimum atomic E-state index is 0.320. The number of methoxy groups -OCH3 is 1. The molecule has 0 radical (unpaired) electrons. The van der Waals surface area contributed by atoms with Crippen LogP contribution in [-0.4, -0.2) is 41.5 Å². The van der Waals surface area contributed by atoms with E-state index in [4.69, 9.17) is 4.74 Å². The van der Waals surface area contributed by atoms with Gasteiger partial charge in [0.2, 0.25) is 5.13 Å². The van der Waals surface area contributed by atoms with Crippen molar-refractivity contribution in [2.24, 2.45) is 0 Å². The molecule has 1 rings (SSSR count). The monoisotopic (exact) mass is 307 g/mol. The van der Waals surface area contributed by atoms with Crippen LogP contribution in [0.1, 0.15) is 19.2 Å². The lowest BCUT2D eigenvalue weighted by Gasteiger charge is -2.18. The van der Waals surface area contributed by atoms with Crippen LogP contribution in [0.5, 0.6) is 0 Å². The van der Waals surface area contributed by atoms with Gasteiger partial charge in [-0.3, -0.25) is 0 Å². The van der Waals surface area contributed by atoms with Crippen LogP contribution in [0.3, 0.4) is 0 Å². The molecule has 1 unspecified atom stereocenters. The number of anilines is 1. The smallest absolute Gasteiger partial charge is 0.204 e. The third kappa shape index (κ3) is 4.35. The van der Waals surface area contributed by atoms with Crippen molar-refractivity contribution in [3.05, 3.63) is 5.82 Å². The maximum Gasteiger partial charge on any atom is 0.204 e. The first-order valence-electron chi connectivity index (χ1n) is 5.34. The van der Waals surface area contributed by atoms with E-state index in [0.717, 1.165) is 30.3 Å². The van der Waals surface area contributed by atoms with E-state index in [1.165, 1.54) is 11.5 Å². The Balaban J connectivity index is 2.48. The highest BCUT2D eigenvalue weighted by atomic mass is 79.9. The van der Waals surface area contributed by atoms with E-state index in [-0.39, 0.29) is 0 Å². The molecule has 0 fully saturated rings. The first-order valence-corrected chi connectivity index (χ1v) is 7.03. The minimum Gasteiger partial charge on any atom is -0.383 e. The number of alkyl halides is 1. The van der Waals surface area contributed by atoms with Gasteiger partial charge in [0.1, 0.15) is 5.82 Å². The van der Waals surface area contributed by atoms with Crippen LogP contribution in [0.4, 0.5) is 5.13 Å². The normalized spacial score (nSPS) is 12.8. The molecule has 1 heterocycles. The molecule has 1 aromatic rings. The second kappa shape index (κ2) is 7.19. The van der Waals surface area contributed by atoms with Gasteiger partial charge < -0.3 is 9.64 Å². The van der Waals surface area contributed by atoms with Gasteiger partial charge in [0, 0.05) is 38.7 Å². The van der Waals surface area contributed by atoms with E-state index in [2.05, 4.69) is 37.1 Å². The lowest BCUT2D eigenvalue weighted by molar-refractivity contribution is 0.202. The van der Waals surface area contributed by atoms with Crippen LogP contribution in [0.2, 0.25) is 0 Å². The van der Waals surface area contributed by atoms with Crippen molar-refractivity contribution in [1.82, 2.24) is 9.36 Å². The van der Waals surface area contributed by atoms with Gasteiger partial charge in [-0.05, 0) is 6.42 Å². The fourth-order valence-electron chi connectivity index (χ4n) is 1.33. The molecule has 0 bridgehead atoms. The molecule has 0 aromatic carbocycles. The van der Waals surface area contributed by atoms with Gasteiger partial charge in [-0.25, -0.2) is 4.98 Å². The highest BCUT2D eigenvalue weighted by Crippen LogP contribution is 2.17. The highest BCUT2D eigenvalue weighted by molar-refractivity contribution is 9.09. The molecule has 0 saturated carbocycles. The Morgan fingerprint density at radius 2 is 2.31 bits per heavy atom. The summed E-state index contributed by atoms with van der Waals surface area (Å²) in [6.07, 6.45) is 2.05. The summed E-state index contributed by atoms with van der Waals surface area (Å²) in [5.74, 6) is 0.951. The van der Waals surface area contributed by atoms with E-state index in [9.17, 15) is 0 Å². The zero-order valence-corrected chi connectivity index (χ0v) is 12.3. The Bertz CT molecular complexity index is 308. The number of aryl methyl sites for hydroxylation is 1. The van der Waals surface area contributed by atoms with Crippen molar-refractivity contribution in [1.29, 1.82) is 0 Å². The summed E-state index contributed by atoms with van der Waals surface area (Å²) in [7, 11) is 3.73. The first kappa shape index (κ1) is 13.9. The number of rotatable bonds is 7. The quantitative estimate of drug-likeness (QED) is 0.725. The first-order chi connectivity index (χ1) is 7.67. The maximum atomic E-state index is 5.08. The molecule has 0 aliphatic carbocycles. The predicted octanol–water partition coefficient (Wildman–Crippen LogP) is 2.34. The van der Waals surface area contributed by atoms with E-state index in [1.807, 2.05) is 7.05 Å². The summed E-state index contributed by atoms with van der Waals surface area (Å²) < 4.78 is 9.40. The van der Waals surface area contributed by atoms with E-state index < -0.39 is 0 Å². The summed E-state index contributed by atoms with van der Waals surface area (Å²) in [5, 5.41) is 0.976. The van der Waals surface area contributed by atoms with Crippen molar-refractivity contribution in [2.45, 2.75) is 24.6 Å². The number of hydrogen-bond donors (Lipinski definition) is 0. The van der Waals surface area contributed by atoms with Crippen LogP contribution < -0.4 is 4.90 Å². The molecule has 1 atom stereocenters. The third-order valence-electron chi connectivity index (χ3n) is 2.08. The Labute approximate surface area is 109 Å². The lowest BCUT2D eigenvalue weighted by Crippen LogP contribution is -2.28. The molecule has 1 aromatic heterocycles. The minimum absolute atomic E-state index is 0.320.